The molecule has 2 aliphatic heterocycles. The molecule has 3 aromatic heterocycles. The first-order chi connectivity index (χ1) is 13.3. The van der Waals surface area contributed by atoms with Crippen molar-refractivity contribution < 1.29 is 9.47 Å². The summed E-state index contributed by atoms with van der Waals surface area (Å²) < 4.78 is 12.4. The second-order valence-corrected chi connectivity index (χ2v) is 8.24. The Kier molecular flexibility index (Phi) is 4.39. The highest BCUT2D eigenvalue weighted by molar-refractivity contribution is 7.18. The minimum Gasteiger partial charge on any atom is -0.376 e. The number of aromatic nitrogens is 3. The van der Waals surface area contributed by atoms with Crippen LogP contribution in [0.1, 0.15) is 4.88 Å². The number of hydrogen-bond donors (Lipinski definition) is 1. The van der Waals surface area contributed by atoms with E-state index in [0.29, 0.717) is 13.2 Å². The molecule has 2 saturated heterocycles. The van der Waals surface area contributed by atoms with Crippen LogP contribution >= 0.6 is 11.3 Å². The average molecular weight is 383 g/mol. The summed E-state index contributed by atoms with van der Waals surface area (Å²) in [5, 5.41) is 4.55. The number of pyridine rings is 1. The Morgan fingerprint density at radius 3 is 2.74 bits per heavy atom. The van der Waals surface area contributed by atoms with Gasteiger partial charge < -0.3 is 19.7 Å². The van der Waals surface area contributed by atoms with E-state index in [1.807, 2.05) is 18.3 Å². The standard InChI is InChI=1S/C19H21N5O2S/c1-12-5-15-18(21-11-22-19(15)27-12)24-7-16-17(8-24)26-10-14(9-25-16)23-13-3-2-4-20-6-13/h2-6,11,14,16-17,23H,7-10H2,1H3/t16-,17-/m0/s1. The van der Waals surface area contributed by atoms with Crippen LogP contribution < -0.4 is 10.2 Å². The number of thiophene rings is 1. The normalized spacial score (nSPS) is 23.4. The van der Waals surface area contributed by atoms with Crippen LogP contribution in [0, 0.1) is 6.92 Å². The van der Waals surface area contributed by atoms with E-state index in [1.165, 1.54) is 4.88 Å². The fourth-order valence-corrected chi connectivity index (χ4v) is 4.59. The number of rotatable bonds is 3. The van der Waals surface area contributed by atoms with Gasteiger partial charge in [-0.3, -0.25) is 4.98 Å². The lowest BCUT2D eigenvalue weighted by molar-refractivity contribution is -0.00461. The van der Waals surface area contributed by atoms with E-state index in [0.717, 1.165) is 34.8 Å². The van der Waals surface area contributed by atoms with E-state index >= 15 is 0 Å². The summed E-state index contributed by atoms with van der Waals surface area (Å²) in [5.41, 5.74) is 0.986. The Morgan fingerprint density at radius 2 is 2.00 bits per heavy atom. The van der Waals surface area contributed by atoms with Crippen LogP contribution in [0.2, 0.25) is 0 Å². The molecule has 1 N–H and O–H groups in total. The van der Waals surface area contributed by atoms with Gasteiger partial charge in [-0.25, -0.2) is 9.97 Å². The molecule has 2 atom stereocenters. The van der Waals surface area contributed by atoms with Gasteiger partial charge in [0.1, 0.15) is 29.2 Å². The molecule has 0 bridgehead atoms. The van der Waals surface area contributed by atoms with Crippen molar-refractivity contribution in [2.45, 2.75) is 25.2 Å². The highest BCUT2D eigenvalue weighted by Crippen LogP contribution is 2.33. The van der Waals surface area contributed by atoms with Crippen molar-refractivity contribution in [3.05, 3.63) is 41.8 Å². The topological polar surface area (TPSA) is 72.4 Å². The van der Waals surface area contributed by atoms with E-state index in [2.05, 4.69) is 38.2 Å². The molecule has 8 heteroatoms. The fraction of sp³-hybridized carbons (Fsp3) is 0.421. The van der Waals surface area contributed by atoms with E-state index in [-0.39, 0.29) is 18.2 Å². The van der Waals surface area contributed by atoms with Gasteiger partial charge in [0.15, 0.2) is 0 Å². The average Bonchev–Trinajstić information content (AvgIpc) is 3.22. The Labute approximate surface area is 161 Å². The Hall–Kier alpha value is -2.29. The molecule has 0 spiro atoms. The zero-order valence-corrected chi connectivity index (χ0v) is 15.9. The maximum atomic E-state index is 6.19. The SMILES string of the molecule is Cc1cc2c(N3C[C@@H]4OCC(Nc5cccnc5)CO[C@H]4C3)ncnc2s1. The molecule has 0 radical (unpaired) electrons. The molecule has 140 valence electrons. The summed E-state index contributed by atoms with van der Waals surface area (Å²) >= 11 is 1.70. The summed E-state index contributed by atoms with van der Waals surface area (Å²) in [5.74, 6) is 0.981. The van der Waals surface area contributed by atoms with Crippen molar-refractivity contribution in [3.63, 3.8) is 0 Å². The van der Waals surface area contributed by atoms with Crippen LogP contribution in [0.25, 0.3) is 10.2 Å². The maximum absolute atomic E-state index is 6.19. The largest absolute Gasteiger partial charge is 0.376 e. The lowest BCUT2D eigenvalue weighted by Crippen LogP contribution is -2.31. The van der Waals surface area contributed by atoms with Crippen LogP contribution in [0.4, 0.5) is 11.5 Å². The van der Waals surface area contributed by atoms with Gasteiger partial charge in [-0.1, -0.05) is 0 Å². The fourth-order valence-electron chi connectivity index (χ4n) is 3.75. The predicted octanol–water partition coefficient (Wildman–Crippen LogP) is 2.48. The zero-order chi connectivity index (χ0) is 18.2. The summed E-state index contributed by atoms with van der Waals surface area (Å²) in [7, 11) is 0. The lowest BCUT2D eigenvalue weighted by atomic mass is 10.3. The summed E-state index contributed by atoms with van der Waals surface area (Å²) in [4.78, 5) is 17.6. The number of anilines is 2. The van der Waals surface area contributed by atoms with Crippen molar-refractivity contribution in [2.75, 3.05) is 36.5 Å². The zero-order valence-electron chi connectivity index (χ0n) is 15.0. The van der Waals surface area contributed by atoms with Gasteiger partial charge in [-0.2, -0.15) is 0 Å². The van der Waals surface area contributed by atoms with Gasteiger partial charge in [-0.15, -0.1) is 11.3 Å². The first-order valence-corrected chi connectivity index (χ1v) is 9.94. The quantitative estimate of drug-likeness (QED) is 0.745. The molecule has 0 amide bonds. The van der Waals surface area contributed by atoms with Crippen molar-refractivity contribution in [1.82, 2.24) is 15.0 Å². The molecule has 3 aromatic rings. The van der Waals surface area contributed by atoms with Gasteiger partial charge in [0, 0.05) is 30.4 Å². The first-order valence-electron chi connectivity index (χ1n) is 9.12. The molecule has 0 unspecified atom stereocenters. The predicted molar refractivity (Wildman–Crippen MR) is 105 cm³/mol. The number of hydrogen-bond acceptors (Lipinski definition) is 8. The molecule has 0 saturated carbocycles. The van der Waals surface area contributed by atoms with Crippen LogP contribution in [0.15, 0.2) is 36.9 Å². The number of aryl methyl sites for hydroxylation is 1. The monoisotopic (exact) mass is 383 g/mol. The van der Waals surface area contributed by atoms with Gasteiger partial charge in [0.2, 0.25) is 0 Å². The van der Waals surface area contributed by atoms with E-state index < -0.39 is 0 Å². The maximum Gasteiger partial charge on any atom is 0.140 e. The van der Waals surface area contributed by atoms with Crippen molar-refractivity contribution in [2.24, 2.45) is 0 Å². The number of fused-ring (bicyclic) bond motifs is 2. The van der Waals surface area contributed by atoms with Crippen LogP contribution in [0.3, 0.4) is 0 Å². The Bertz CT molecular complexity index is 918. The molecular formula is C19H21N5O2S. The van der Waals surface area contributed by atoms with Gasteiger partial charge >= 0.3 is 0 Å². The van der Waals surface area contributed by atoms with E-state index in [1.54, 1.807) is 23.9 Å². The van der Waals surface area contributed by atoms with Gasteiger partial charge in [-0.05, 0) is 25.1 Å². The second-order valence-electron chi connectivity index (χ2n) is 7.00. The summed E-state index contributed by atoms with van der Waals surface area (Å²) in [6, 6.07) is 6.21. The third kappa shape index (κ3) is 3.36. The molecular weight excluding hydrogens is 362 g/mol. The van der Waals surface area contributed by atoms with Crippen molar-refractivity contribution >= 4 is 33.1 Å². The summed E-state index contributed by atoms with van der Waals surface area (Å²) in [6.07, 6.45) is 5.34. The molecule has 2 aliphatic rings. The molecule has 5 heterocycles. The van der Waals surface area contributed by atoms with Crippen LogP contribution in [-0.4, -0.2) is 59.5 Å². The first kappa shape index (κ1) is 16.9. The second kappa shape index (κ2) is 7.03. The van der Waals surface area contributed by atoms with E-state index in [9.17, 15) is 0 Å². The van der Waals surface area contributed by atoms with Gasteiger partial charge in [0.05, 0.1) is 30.3 Å². The molecule has 7 nitrogen and oxygen atoms in total. The number of nitrogens with zero attached hydrogens (tertiary/aromatic N) is 4. The van der Waals surface area contributed by atoms with E-state index in [4.69, 9.17) is 9.47 Å². The third-order valence-corrected chi connectivity index (χ3v) is 5.96. The van der Waals surface area contributed by atoms with Crippen molar-refractivity contribution in [3.8, 4) is 0 Å². The minimum atomic E-state index is 0.0513. The highest BCUT2D eigenvalue weighted by atomic mass is 32.1. The minimum absolute atomic E-state index is 0.0513. The van der Waals surface area contributed by atoms with Crippen LogP contribution in [0.5, 0.6) is 0 Å². The lowest BCUT2D eigenvalue weighted by Gasteiger charge is -2.20. The number of nitrogens with one attached hydrogen (secondary N) is 1. The summed E-state index contributed by atoms with van der Waals surface area (Å²) in [6.45, 7) is 4.89. The Morgan fingerprint density at radius 1 is 1.19 bits per heavy atom. The van der Waals surface area contributed by atoms with Crippen molar-refractivity contribution in [1.29, 1.82) is 0 Å². The number of ether oxygens (including phenoxy) is 2. The Balaban J connectivity index is 1.28. The molecule has 0 aromatic carbocycles. The third-order valence-electron chi connectivity index (χ3n) is 5.00. The molecule has 0 aliphatic carbocycles. The molecule has 27 heavy (non-hydrogen) atoms. The molecule has 2 fully saturated rings. The van der Waals surface area contributed by atoms with Gasteiger partial charge in [0.25, 0.3) is 0 Å². The highest BCUT2D eigenvalue weighted by Gasteiger charge is 2.38. The van der Waals surface area contributed by atoms with Crippen LogP contribution in [-0.2, 0) is 9.47 Å². The smallest absolute Gasteiger partial charge is 0.140 e. The molecule has 5 rings (SSSR count).